The number of nitrogens with one attached hydrogen (secondary N) is 1. The molecule has 5 N–H and O–H groups in total. The third kappa shape index (κ3) is 3.31. The minimum atomic E-state index is -0.453. The van der Waals surface area contributed by atoms with Crippen molar-refractivity contribution in [3.8, 4) is 0 Å². The van der Waals surface area contributed by atoms with Crippen molar-refractivity contribution >= 4 is 28.3 Å². The molecule has 1 fully saturated rings. The molecule has 1 saturated carbocycles. The number of nitrogens with two attached hydrogens (primary N) is 2. The van der Waals surface area contributed by atoms with E-state index in [4.69, 9.17) is 16.2 Å². The molecule has 1 aliphatic rings. The lowest BCUT2D eigenvalue weighted by Crippen LogP contribution is -2.20. The maximum Gasteiger partial charge on any atom is 0.243 e. The smallest absolute Gasteiger partial charge is 0.243 e. The van der Waals surface area contributed by atoms with E-state index in [2.05, 4.69) is 9.69 Å². The molecule has 0 saturated heterocycles. The number of carbonyl (C=O) groups is 1. The first-order valence-corrected chi connectivity index (χ1v) is 6.30. The lowest BCUT2D eigenvalue weighted by atomic mass is 10.2. The highest BCUT2D eigenvalue weighted by Gasteiger charge is 2.30. The topological polar surface area (TPSA) is 103 Å². The summed E-state index contributed by atoms with van der Waals surface area (Å²) in [6, 6.07) is 0. The maximum absolute atomic E-state index is 10.4. The summed E-state index contributed by atoms with van der Waals surface area (Å²) in [6.07, 6.45) is 2.38. The summed E-state index contributed by atoms with van der Waals surface area (Å²) in [6.45, 7) is 1.02. The second-order valence-corrected chi connectivity index (χ2v) is 4.80. The van der Waals surface area contributed by atoms with Gasteiger partial charge in [-0.15, -0.1) is 0 Å². The molecular formula is C10H16N4O2S. The number of ether oxygens (including phenoxy) is 1. The predicted molar refractivity (Wildman–Crippen MR) is 67.0 cm³/mol. The second-order valence-electron chi connectivity index (χ2n) is 4.03. The van der Waals surface area contributed by atoms with Gasteiger partial charge in [0.1, 0.15) is 17.4 Å². The van der Waals surface area contributed by atoms with Crippen molar-refractivity contribution in [1.82, 2.24) is 4.37 Å². The van der Waals surface area contributed by atoms with Crippen LogP contribution in [0.5, 0.6) is 0 Å². The Morgan fingerprint density at radius 2 is 2.35 bits per heavy atom. The maximum atomic E-state index is 10.4. The number of hydrogen-bond donors (Lipinski definition) is 3. The van der Waals surface area contributed by atoms with Crippen LogP contribution in [0.1, 0.15) is 24.3 Å². The van der Waals surface area contributed by atoms with Crippen LogP contribution in [-0.4, -0.2) is 30.0 Å². The van der Waals surface area contributed by atoms with Gasteiger partial charge in [-0.1, -0.05) is 0 Å². The molecule has 17 heavy (non-hydrogen) atoms. The molecule has 0 bridgehead atoms. The lowest BCUT2D eigenvalue weighted by molar-refractivity contribution is -0.122. The number of rotatable bonds is 7. The second kappa shape index (κ2) is 5.33. The number of amides is 1. The number of aromatic nitrogens is 1. The summed E-state index contributed by atoms with van der Waals surface area (Å²) in [4.78, 5) is 10.4. The molecule has 0 atom stereocenters. The Morgan fingerprint density at radius 3 is 3.00 bits per heavy atom. The van der Waals surface area contributed by atoms with Gasteiger partial charge in [0, 0.05) is 12.1 Å². The molecule has 2 rings (SSSR count). The third-order valence-corrected chi connectivity index (χ3v) is 3.35. The Balaban J connectivity index is 1.77. The molecular weight excluding hydrogens is 240 g/mol. The molecule has 0 unspecified atom stereocenters. The van der Waals surface area contributed by atoms with Crippen LogP contribution >= 0.6 is 11.5 Å². The summed E-state index contributed by atoms with van der Waals surface area (Å²) >= 11 is 1.38. The fourth-order valence-corrected chi connectivity index (χ4v) is 2.44. The predicted octanol–water partition coefficient (Wildman–Crippen LogP) is 0.516. The summed E-state index contributed by atoms with van der Waals surface area (Å²) < 4.78 is 9.20. The standard InChI is InChI=1S/C10H16N4O2S/c11-7(15)5-16-4-3-13-10-8(6-1-2-6)9(12)14-17-10/h6,13H,1-5H2,(H2,11,15)(H2,12,14). The average Bonchev–Trinajstić information content (AvgIpc) is 3.03. The highest BCUT2D eigenvalue weighted by Crippen LogP contribution is 2.47. The fourth-order valence-electron chi connectivity index (χ4n) is 1.61. The van der Waals surface area contributed by atoms with E-state index in [1.165, 1.54) is 24.4 Å². The third-order valence-electron chi connectivity index (χ3n) is 2.52. The van der Waals surface area contributed by atoms with Gasteiger partial charge >= 0.3 is 0 Å². The fraction of sp³-hybridized carbons (Fsp3) is 0.600. The van der Waals surface area contributed by atoms with Gasteiger partial charge in [0.2, 0.25) is 5.91 Å². The average molecular weight is 256 g/mol. The van der Waals surface area contributed by atoms with Crippen molar-refractivity contribution in [2.75, 3.05) is 30.8 Å². The van der Waals surface area contributed by atoms with Crippen LogP contribution in [0.3, 0.4) is 0 Å². The number of nitrogen functional groups attached to an aromatic ring is 1. The van der Waals surface area contributed by atoms with Gasteiger partial charge in [0.25, 0.3) is 0 Å². The van der Waals surface area contributed by atoms with Gasteiger partial charge in [0.15, 0.2) is 0 Å². The van der Waals surface area contributed by atoms with E-state index in [1.54, 1.807) is 0 Å². The molecule has 0 aliphatic heterocycles. The number of primary amides is 1. The van der Waals surface area contributed by atoms with Gasteiger partial charge < -0.3 is 21.5 Å². The molecule has 1 aromatic rings. The Labute approximate surface area is 103 Å². The molecule has 0 radical (unpaired) electrons. The molecule has 6 nitrogen and oxygen atoms in total. The molecule has 0 spiro atoms. The molecule has 7 heteroatoms. The van der Waals surface area contributed by atoms with Crippen molar-refractivity contribution < 1.29 is 9.53 Å². The zero-order valence-corrected chi connectivity index (χ0v) is 10.3. The summed E-state index contributed by atoms with van der Waals surface area (Å²) in [5, 5.41) is 4.25. The Morgan fingerprint density at radius 1 is 1.59 bits per heavy atom. The number of carbonyl (C=O) groups excluding carboxylic acids is 1. The summed E-state index contributed by atoms with van der Waals surface area (Å²) in [7, 11) is 0. The lowest BCUT2D eigenvalue weighted by Gasteiger charge is -2.06. The highest BCUT2D eigenvalue weighted by atomic mass is 32.1. The van der Waals surface area contributed by atoms with Crippen LogP contribution in [0.15, 0.2) is 0 Å². The Hall–Kier alpha value is -1.34. The molecule has 1 heterocycles. The van der Waals surface area contributed by atoms with Crippen LogP contribution in [0.2, 0.25) is 0 Å². The van der Waals surface area contributed by atoms with E-state index in [1.807, 2.05) is 0 Å². The van der Waals surface area contributed by atoms with Crippen molar-refractivity contribution in [3.05, 3.63) is 5.56 Å². The molecule has 0 aromatic carbocycles. The monoisotopic (exact) mass is 256 g/mol. The Kier molecular flexibility index (Phi) is 3.80. The summed E-state index contributed by atoms with van der Waals surface area (Å²) in [5.41, 5.74) is 11.9. The van der Waals surface area contributed by atoms with E-state index >= 15 is 0 Å². The van der Waals surface area contributed by atoms with Crippen molar-refractivity contribution in [1.29, 1.82) is 0 Å². The van der Waals surface area contributed by atoms with Crippen LogP contribution in [-0.2, 0) is 9.53 Å². The first kappa shape index (κ1) is 12.1. The van der Waals surface area contributed by atoms with Gasteiger partial charge in [-0.2, -0.15) is 4.37 Å². The normalized spacial score (nSPS) is 14.8. The number of anilines is 2. The van der Waals surface area contributed by atoms with E-state index in [0.717, 1.165) is 10.6 Å². The minimum Gasteiger partial charge on any atom is -0.383 e. The zero-order chi connectivity index (χ0) is 12.3. The van der Waals surface area contributed by atoms with Gasteiger partial charge in [-0.05, 0) is 30.3 Å². The van der Waals surface area contributed by atoms with Gasteiger partial charge in [0.05, 0.1) is 6.61 Å². The van der Waals surface area contributed by atoms with Crippen LogP contribution < -0.4 is 16.8 Å². The van der Waals surface area contributed by atoms with Crippen LogP contribution in [0, 0.1) is 0 Å². The van der Waals surface area contributed by atoms with E-state index < -0.39 is 5.91 Å². The number of nitrogens with zero attached hydrogens (tertiary/aromatic N) is 1. The van der Waals surface area contributed by atoms with Crippen molar-refractivity contribution in [2.24, 2.45) is 5.73 Å². The van der Waals surface area contributed by atoms with E-state index in [9.17, 15) is 4.79 Å². The largest absolute Gasteiger partial charge is 0.383 e. The van der Waals surface area contributed by atoms with Gasteiger partial charge in [-0.3, -0.25) is 4.79 Å². The van der Waals surface area contributed by atoms with Crippen LogP contribution in [0.25, 0.3) is 0 Å². The van der Waals surface area contributed by atoms with Crippen molar-refractivity contribution in [3.63, 3.8) is 0 Å². The Bertz CT molecular complexity index is 403. The molecule has 1 aliphatic carbocycles. The highest BCUT2D eigenvalue weighted by molar-refractivity contribution is 7.10. The van der Waals surface area contributed by atoms with E-state index in [-0.39, 0.29) is 6.61 Å². The quantitative estimate of drug-likeness (QED) is 0.617. The first-order chi connectivity index (χ1) is 8.18. The molecule has 94 valence electrons. The minimum absolute atomic E-state index is 0.0397. The van der Waals surface area contributed by atoms with E-state index in [0.29, 0.717) is 24.9 Å². The zero-order valence-electron chi connectivity index (χ0n) is 9.44. The molecule has 1 amide bonds. The SMILES string of the molecule is NC(=O)COCCNc1snc(N)c1C1CC1. The number of hydrogen-bond acceptors (Lipinski definition) is 6. The van der Waals surface area contributed by atoms with Crippen molar-refractivity contribution in [2.45, 2.75) is 18.8 Å². The van der Waals surface area contributed by atoms with Gasteiger partial charge in [-0.25, -0.2) is 0 Å². The van der Waals surface area contributed by atoms with Crippen LogP contribution in [0.4, 0.5) is 10.8 Å². The summed E-state index contributed by atoms with van der Waals surface area (Å²) in [5.74, 6) is 0.756. The molecule has 1 aromatic heterocycles. The first-order valence-electron chi connectivity index (χ1n) is 5.53.